The smallest absolute Gasteiger partial charge is 0.0349 e. The number of nitrogens with zero attached hydrogens (tertiary/aromatic N) is 1. The second-order valence-corrected chi connectivity index (χ2v) is 4.33. The van der Waals surface area contributed by atoms with Crippen molar-refractivity contribution in [2.45, 2.75) is 26.3 Å². The third-order valence-corrected chi connectivity index (χ3v) is 3.10. The van der Waals surface area contributed by atoms with E-state index < -0.39 is 0 Å². The number of nitrogens with two attached hydrogens (primary N) is 1. The van der Waals surface area contributed by atoms with Crippen LogP contribution in [0.4, 0.5) is 0 Å². The first-order valence-corrected chi connectivity index (χ1v) is 5.99. The Hall–Kier alpha value is -1.67. The van der Waals surface area contributed by atoms with Gasteiger partial charge in [0.25, 0.3) is 0 Å². The average Bonchev–Trinajstić information content (AvgIpc) is 2.38. The van der Waals surface area contributed by atoms with Gasteiger partial charge in [0.1, 0.15) is 0 Å². The quantitative estimate of drug-likeness (QED) is 0.870. The zero-order valence-corrected chi connectivity index (χ0v) is 10.4. The number of benzene rings is 1. The lowest BCUT2D eigenvalue weighted by atomic mass is 9.97. The van der Waals surface area contributed by atoms with Crippen LogP contribution in [0.25, 0.3) is 11.1 Å². The van der Waals surface area contributed by atoms with Crippen LogP contribution in [0, 0.1) is 6.92 Å². The summed E-state index contributed by atoms with van der Waals surface area (Å²) < 4.78 is 0. The molecule has 1 aromatic heterocycles. The minimum absolute atomic E-state index is 0.118. The van der Waals surface area contributed by atoms with E-state index in [2.05, 4.69) is 43.1 Å². The van der Waals surface area contributed by atoms with Gasteiger partial charge < -0.3 is 5.73 Å². The summed E-state index contributed by atoms with van der Waals surface area (Å²) in [4.78, 5) is 4.19. The summed E-state index contributed by atoms with van der Waals surface area (Å²) in [6, 6.07) is 10.6. The van der Waals surface area contributed by atoms with Crippen LogP contribution in [0.5, 0.6) is 0 Å². The number of rotatable bonds is 3. The molecule has 0 saturated carbocycles. The molecule has 2 N–H and O–H groups in total. The van der Waals surface area contributed by atoms with Crippen molar-refractivity contribution < 1.29 is 0 Å². The van der Waals surface area contributed by atoms with Gasteiger partial charge in [-0.05, 0) is 42.2 Å². The van der Waals surface area contributed by atoms with Gasteiger partial charge in [0, 0.05) is 24.0 Å². The first-order valence-electron chi connectivity index (χ1n) is 5.99. The Bertz CT molecular complexity index is 506. The molecule has 2 nitrogen and oxygen atoms in total. The van der Waals surface area contributed by atoms with Crippen molar-refractivity contribution >= 4 is 0 Å². The molecule has 1 aromatic carbocycles. The Kier molecular flexibility index (Phi) is 3.55. The van der Waals surface area contributed by atoms with Crippen LogP contribution in [0.15, 0.2) is 42.7 Å². The largest absolute Gasteiger partial charge is 0.324 e. The van der Waals surface area contributed by atoms with Crippen LogP contribution >= 0.6 is 0 Å². The second-order valence-electron chi connectivity index (χ2n) is 4.33. The molecule has 2 aromatic rings. The van der Waals surface area contributed by atoms with E-state index in [0.717, 1.165) is 6.42 Å². The first-order chi connectivity index (χ1) is 8.22. The fourth-order valence-corrected chi connectivity index (χ4v) is 1.94. The van der Waals surface area contributed by atoms with Gasteiger partial charge in [0.2, 0.25) is 0 Å². The zero-order valence-electron chi connectivity index (χ0n) is 10.4. The molecule has 0 aliphatic carbocycles. The summed E-state index contributed by atoms with van der Waals surface area (Å²) in [6.45, 7) is 4.20. The third kappa shape index (κ3) is 2.53. The van der Waals surface area contributed by atoms with E-state index >= 15 is 0 Å². The van der Waals surface area contributed by atoms with Crippen LogP contribution in [-0.2, 0) is 0 Å². The van der Waals surface area contributed by atoms with E-state index in [-0.39, 0.29) is 6.04 Å². The maximum atomic E-state index is 6.06. The minimum atomic E-state index is 0.118. The van der Waals surface area contributed by atoms with E-state index in [0.29, 0.717) is 0 Å². The maximum Gasteiger partial charge on any atom is 0.0349 e. The molecule has 17 heavy (non-hydrogen) atoms. The lowest BCUT2D eigenvalue weighted by Gasteiger charge is -2.12. The van der Waals surface area contributed by atoms with Crippen molar-refractivity contribution in [1.82, 2.24) is 4.98 Å². The predicted octanol–water partition coefficient (Wildman–Crippen LogP) is 3.47. The molecule has 1 atom stereocenters. The summed E-state index contributed by atoms with van der Waals surface area (Å²) in [5.41, 5.74) is 10.9. The van der Waals surface area contributed by atoms with Crippen molar-refractivity contribution in [1.29, 1.82) is 0 Å². The van der Waals surface area contributed by atoms with Crippen LogP contribution in [0.1, 0.15) is 30.5 Å². The fourth-order valence-electron chi connectivity index (χ4n) is 1.94. The van der Waals surface area contributed by atoms with Crippen molar-refractivity contribution in [2.75, 3.05) is 0 Å². The van der Waals surface area contributed by atoms with Crippen molar-refractivity contribution in [3.63, 3.8) is 0 Å². The number of pyridine rings is 1. The van der Waals surface area contributed by atoms with Crippen LogP contribution < -0.4 is 5.73 Å². The topological polar surface area (TPSA) is 38.9 Å². The van der Waals surface area contributed by atoms with Gasteiger partial charge in [-0.3, -0.25) is 4.98 Å². The van der Waals surface area contributed by atoms with Crippen LogP contribution in [0.3, 0.4) is 0 Å². The van der Waals surface area contributed by atoms with Crippen molar-refractivity contribution in [2.24, 2.45) is 5.73 Å². The highest BCUT2D eigenvalue weighted by molar-refractivity contribution is 5.66. The lowest BCUT2D eigenvalue weighted by molar-refractivity contribution is 0.699. The summed E-state index contributed by atoms with van der Waals surface area (Å²) in [6.07, 6.45) is 4.68. The molecule has 88 valence electrons. The SMILES string of the molecule is CCC(N)c1cccc(-c2cnccc2C)c1. The number of hydrogen-bond donors (Lipinski definition) is 1. The monoisotopic (exact) mass is 226 g/mol. The summed E-state index contributed by atoms with van der Waals surface area (Å²) in [5, 5.41) is 0. The molecule has 0 amide bonds. The highest BCUT2D eigenvalue weighted by atomic mass is 14.6. The van der Waals surface area contributed by atoms with Gasteiger partial charge in [0.15, 0.2) is 0 Å². The van der Waals surface area contributed by atoms with E-state index in [9.17, 15) is 0 Å². The molecule has 0 spiro atoms. The molecule has 0 saturated heterocycles. The zero-order chi connectivity index (χ0) is 12.3. The maximum absolute atomic E-state index is 6.06. The van der Waals surface area contributed by atoms with E-state index in [1.165, 1.54) is 22.3 Å². The standard InChI is InChI=1S/C15H18N2/c1-3-15(16)13-6-4-5-12(9-13)14-10-17-8-7-11(14)2/h4-10,15H,3,16H2,1-2H3. The van der Waals surface area contributed by atoms with E-state index in [4.69, 9.17) is 5.73 Å². The number of aromatic nitrogens is 1. The Morgan fingerprint density at radius 2 is 2.12 bits per heavy atom. The molecule has 0 bridgehead atoms. The predicted molar refractivity (Wildman–Crippen MR) is 71.6 cm³/mol. The molecule has 0 fully saturated rings. The molecular weight excluding hydrogens is 208 g/mol. The minimum Gasteiger partial charge on any atom is -0.324 e. The van der Waals surface area contributed by atoms with Crippen molar-refractivity contribution in [3.8, 4) is 11.1 Å². The average molecular weight is 226 g/mol. The van der Waals surface area contributed by atoms with E-state index in [1.807, 2.05) is 18.5 Å². The fraction of sp³-hybridized carbons (Fsp3) is 0.267. The van der Waals surface area contributed by atoms with Gasteiger partial charge in [0.05, 0.1) is 0 Å². The number of aryl methyl sites for hydroxylation is 1. The third-order valence-electron chi connectivity index (χ3n) is 3.10. The Morgan fingerprint density at radius 3 is 2.82 bits per heavy atom. The summed E-state index contributed by atoms with van der Waals surface area (Å²) >= 11 is 0. The molecule has 0 aliphatic heterocycles. The van der Waals surface area contributed by atoms with Crippen LogP contribution in [-0.4, -0.2) is 4.98 Å². The molecule has 1 heterocycles. The Morgan fingerprint density at radius 1 is 1.29 bits per heavy atom. The molecule has 2 heteroatoms. The van der Waals surface area contributed by atoms with Crippen LogP contribution in [0.2, 0.25) is 0 Å². The first kappa shape index (κ1) is 11.8. The lowest BCUT2D eigenvalue weighted by Crippen LogP contribution is -2.08. The van der Waals surface area contributed by atoms with Gasteiger partial charge in [-0.25, -0.2) is 0 Å². The Labute approximate surface area is 103 Å². The van der Waals surface area contributed by atoms with Gasteiger partial charge in [-0.1, -0.05) is 25.1 Å². The van der Waals surface area contributed by atoms with E-state index in [1.54, 1.807) is 0 Å². The normalized spacial score (nSPS) is 12.4. The molecule has 2 rings (SSSR count). The van der Waals surface area contributed by atoms with Gasteiger partial charge in [-0.2, -0.15) is 0 Å². The molecule has 1 unspecified atom stereocenters. The number of hydrogen-bond acceptors (Lipinski definition) is 2. The Balaban J connectivity index is 2.43. The second kappa shape index (κ2) is 5.11. The highest BCUT2D eigenvalue weighted by Gasteiger charge is 2.06. The van der Waals surface area contributed by atoms with Gasteiger partial charge in [-0.15, -0.1) is 0 Å². The highest BCUT2D eigenvalue weighted by Crippen LogP contribution is 2.25. The van der Waals surface area contributed by atoms with Crippen molar-refractivity contribution in [3.05, 3.63) is 53.9 Å². The molecule has 0 aliphatic rings. The van der Waals surface area contributed by atoms with Gasteiger partial charge >= 0.3 is 0 Å². The molecule has 0 radical (unpaired) electrons. The molecular formula is C15H18N2. The summed E-state index contributed by atoms with van der Waals surface area (Å²) in [5.74, 6) is 0. The summed E-state index contributed by atoms with van der Waals surface area (Å²) in [7, 11) is 0.